The van der Waals surface area contributed by atoms with Crippen molar-refractivity contribution in [3.05, 3.63) is 12.4 Å². The third-order valence-electron chi connectivity index (χ3n) is 3.19. The van der Waals surface area contributed by atoms with Crippen LogP contribution < -0.4 is 5.73 Å². The van der Waals surface area contributed by atoms with Crippen LogP contribution in [0.2, 0.25) is 0 Å². The van der Waals surface area contributed by atoms with E-state index in [0.717, 1.165) is 24.3 Å². The standard InChI is InChI=1S/C9H16N2/c1-8(10)11-6-4-9(2-3-9)5-7-11/h1-7,10H2. The van der Waals surface area contributed by atoms with Gasteiger partial charge in [-0.1, -0.05) is 6.58 Å². The Bertz CT molecular complexity index is 172. The average Bonchev–Trinajstić information content (AvgIpc) is 2.70. The zero-order valence-corrected chi connectivity index (χ0v) is 6.97. The van der Waals surface area contributed by atoms with Crippen molar-refractivity contribution in [2.75, 3.05) is 13.1 Å². The Morgan fingerprint density at radius 2 is 1.73 bits per heavy atom. The Balaban J connectivity index is 1.89. The second-order valence-electron chi connectivity index (χ2n) is 3.98. The van der Waals surface area contributed by atoms with Crippen molar-refractivity contribution in [1.29, 1.82) is 0 Å². The number of likely N-dealkylation sites (tertiary alicyclic amines) is 1. The summed E-state index contributed by atoms with van der Waals surface area (Å²) < 4.78 is 0. The maximum absolute atomic E-state index is 5.61. The quantitative estimate of drug-likeness (QED) is 0.613. The van der Waals surface area contributed by atoms with Gasteiger partial charge in [0, 0.05) is 13.1 Å². The summed E-state index contributed by atoms with van der Waals surface area (Å²) in [7, 11) is 0. The minimum atomic E-state index is 0.750. The zero-order valence-electron chi connectivity index (χ0n) is 6.97. The minimum Gasteiger partial charge on any atom is -0.386 e. The van der Waals surface area contributed by atoms with Crippen molar-refractivity contribution in [3.63, 3.8) is 0 Å². The van der Waals surface area contributed by atoms with Gasteiger partial charge in [-0.15, -0.1) is 0 Å². The molecule has 2 nitrogen and oxygen atoms in total. The molecule has 62 valence electrons. The van der Waals surface area contributed by atoms with E-state index >= 15 is 0 Å². The smallest absolute Gasteiger partial charge is 0.0912 e. The Morgan fingerprint density at radius 1 is 1.18 bits per heavy atom. The van der Waals surface area contributed by atoms with E-state index in [2.05, 4.69) is 11.5 Å². The molecule has 0 bridgehead atoms. The van der Waals surface area contributed by atoms with Crippen LogP contribution in [0.25, 0.3) is 0 Å². The van der Waals surface area contributed by atoms with E-state index in [-0.39, 0.29) is 0 Å². The minimum absolute atomic E-state index is 0.750. The van der Waals surface area contributed by atoms with Crippen molar-refractivity contribution in [1.82, 2.24) is 4.90 Å². The summed E-state index contributed by atoms with van der Waals surface area (Å²) in [5.41, 5.74) is 6.36. The first-order valence-electron chi connectivity index (χ1n) is 4.41. The fourth-order valence-electron chi connectivity index (χ4n) is 1.95. The molecule has 0 amide bonds. The highest BCUT2D eigenvalue weighted by molar-refractivity contribution is 5.00. The number of rotatable bonds is 1. The van der Waals surface area contributed by atoms with Gasteiger partial charge in [-0.3, -0.25) is 0 Å². The molecule has 11 heavy (non-hydrogen) atoms. The number of hydrogen-bond donors (Lipinski definition) is 1. The Hall–Kier alpha value is -0.660. The van der Waals surface area contributed by atoms with Crippen LogP contribution in [0.3, 0.4) is 0 Å². The van der Waals surface area contributed by atoms with Gasteiger partial charge >= 0.3 is 0 Å². The molecule has 0 aromatic heterocycles. The van der Waals surface area contributed by atoms with Gasteiger partial charge in [-0.2, -0.15) is 0 Å². The van der Waals surface area contributed by atoms with Crippen molar-refractivity contribution in [2.24, 2.45) is 11.1 Å². The van der Waals surface area contributed by atoms with Crippen molar-refractivity contribution < 1.29 is 0 Å². The highest BCUT2D eigenvalue weighted by Crippen LogP contribution is 2.53. The predicted molar refractivity (Wildman–Crippen MR) is 45.8 cm³/mol. The number of nitrogens with two attached hydrogens (primary N) is 1. The maximum atomic E-state index is 5.61. The maximum Gasteiger partial charge on any atom is 0.0912 e. The highest BCUT2D eigenvalue weighted by atomic mass is 15.2. The van der Waals surface area contributed by atoms with Crippen molar-refractivity contribution in [3.8, 4) is 0 Å². The van der Waals surface area contributed by atoms with Crippen LogP contribution in [0, 0.1) is 5.41 Å². The summed E-state index contributed by atoms with van der Waals surface area (Å²) >= 11 is 0. The Labute approximate surface area is 68.1 Å². The number of nitrogens with zero attached hydrogens (tertiary/aromatic N) is 1. The second kappa shape index (κ2) is 2.16. The Kier molecular flexibility index (Phi) is 1.38. The second-order valence-corrected chi connectivity index (χ2v) is 3.98. The van der Waals surface area contributed by atoms with Gasteiger partial charge in [0.2, 0.25) is 0 Å². The van der Waals surface area contributed by atoms with Gasteiger partial charge in [-0.25, -0.2) is 0 Å². The van der Waals surface area contributed by atoms with Gasteiger partial charge in [0.25, 0.3) is 0 Å². The first-order valence-corrected chi connectivity index (χ1v) is 4.41. The Morgan fingerprint density at radius 3 is 2.09 bits per heavy atom. The molecule has 1 aliphatic carbocycles. The van der Waals surface area contributed by atoms with Crippen molar-refractivity contribution in [2.45, 2.75) is 25.7 Å². The molecule has 2 heteroatoms. The van der Waals surface area contributed by atoms with E-state index in [1.54, 1.807) is 0 Å². The monoisotopic (exact) mass is 152 g/mol. The van der Waals surface area contributed by atoms with E-state index in [0.29, 0.717) is 0 Å². The zero-order chi connectivity index (χ0) is 7.90. The van der Waals surface area contributed by atoms with Crippen LogP contribution in [-0.4, -0.2) is 18.0 Å². The molecule has 0 unspecified atom stereocenters. The van der Waals surface area contributed by atoms with Gasteiger partial charge < -0.3 is 10.6 Å². The molecular formula is C9H16N2. The largest absolute Gasteiger partial charge is 0.386 e. The van der Waals surface area contributed by atoms with Crippen LogP contribution in [0.1, 0.15) is 25.7 Å². The summed E-state index contributed by atoms with van der Waals surface area (Å²) in [5, 5.41) is 0. The van der Waals surface area contributed by atoms with E-state index in [1.807, 2.05) is 0 Å². The van der Waals surface area contributed by atoms with Gasteiger partial charge in [0.15, 0.2) is 0 Å². The van der Waals surface area contributed by atoms with Gasteiger partial charge in [0.1, 0.15) is 0 Å². The van der Waals surface area contributed by atoms with Crippen LogP contribution in [0.5, 0.6) is 0 Å². The molecule has 0 aromatic rings. The number of hydrogen-bond acceptors (Lipinski definition) is 2. The summed E-state index contributed by atoms with van der Waals surface area (Å²) in [6.45, 7) is 6.02. The summed E-state index contributed by atoms with van der Waals surface area (Å²) in [5.74, 6) is 0.750. The first-order chi connectivity index (χ1) is 5.22. The molecular weight excluding hydrogens is 136 g/mol. The molecule has 2 rings (SSSR count). The molecule has 2 fully saturated rings. The van der Waals surface area contributed by atoms with Crippen LogP contribution in [0.4, 0.5) is 0 Å². The fraction of sp³-hybridized carbons (Fsp3) is 0.778. The summed E-state index contributed by atoms with van der Waals surface area (Å²) in [6.07, 6.45) is 5.59. The van der Waals surface area contributed by atoms with E-state index < -0.39 is 0 Å². The van der Waals surface area contributed by atoms with E-state index in [1.165, 1.54) is 25.7 Å². The average molecular weight is 152 g/mol. The van der Waals surface area contributed by atoms with Gasteiger partial charge in [0.05, 0.1) is 5.82 Å². The molecule has 1 saturated heterocycles. The molecule has 0 atom stereocenters. The SMILES string of the molecule is C=C(N)N1CCC2(CC1)CC2. The summed E-state index contributed by atoms with van der Waals surface area (Å²) in [4.78, 5) is 2.20. The molecule has 1 saturated carbocycles. The van der Waals surface area contributed by atoms with Gasteiger partial charge in [-0.05, 0) is 31.1 Å². The highest BCUT2D eigenvalue weighted by Gasteiger charge is 2.44. The number of piperidine rings is 1. The lowest BCUT2D eigenvalue weighted by molar-refractivity contribution is 0.211. The molecule has 1 heterocycles. The third-order valence-corrected chi connectivity index (χ3v) is 3.19. The van der Waals surface area contributed by atoms with Crippen LogP contribution in [0.15, 0.2) is 12.4 Å². The predicted octanol–water partition coefficient (Wildman–Crippen LogP) is 1.29. The molecule has 0 aromatic carbocycles. The molecule has 1 aliphatic heterocycles. The molecule has 2 N–H and O–H groups in total. The lowest BCUT2D eigenvalue weighted by Crippen LogP contribution is -2.36. The van der Waals surface area contributed by atoms with Crippen molar-refractivity contribution >= 4 is 0 Å². The molecule has 1 spiro atoms. The summed E-state index contributed by atoms with van der Waals surface area (Å²) in [6, 6.07) is 0. The third kappa shape index (κ3) is 1.22. The van der Waals surface area contributed by atoms with E-state index in [9.17, 15) is 0 Å². The fourth-order valence-corrected chi connectivity index (χ4v) is 1.95. The molecule has 0 radical (unpaired) electrons. The van der Waals surface area contributed by atoms with Crippen LogP contribution >= 0.6 is 0 Å². The topological polar surface area (TPSA) is 29.3 Å². The first kappa shape index (κ1) is 7.01. The normalized spacial score (nSPS) is 27.1. The van der Waals surface area contributed by atoms with Crippen LogP contribution in [-0.2, 0) is 0 Å². The lowest BCUT2D eigenvalue weighted by atomic mass is 9.94. The van der Waals surface area contributed by atoms with E-state index in [4.69, 9.17) is 5.73 Å². The lowest BCUT2D eigenvalue weighted by Gasteiger charge is -2.33. The molecule has 2 aliphatic rings.